The molecule has 0 amide bonds. The first kappa shape index (κ1) is 15.9. The molecule has 1 unspecified atom stereocenters. The minimum absolute atomic E-state index is 0.508. The van der Waals surface area contributed by atoms with Crippen molar-refractivity contribution in [1.29, 1.82) is 0 Å². The molecule has 0 spiro atoms. The van der Waals surface area contributed by atoms with Gasteiger partial charge in [-0.1, -0.05) is 24.6 Å². The molecule has 0 radical (unpaired) electrons. The van der Waals surface area contributed by atoms with Crippen molar-refractivity contribution in [1.82, 2.24) is 4.90 Å². The fourth-order valence-electron chi connectivity index (χ4n) is 2.73. The zero-order valence-electron chi connectivity index (χ0n) is 12.4. The molecule has 0 aliphatic carbocycles. The van der Waals surface area contributed by atoms with Crippen molar-refractivity contribution in [2.24, 2.45) is 0 Å². The number of carbonyl (C=O) groups is 1. The van der Waals surface area contributed by atoms with Crippen molar-refractivity contribution < 1.29 is 9.90 Å². The second kappa shape index (κ2) is 6.96. The molecule has 1 aromatic rings. The average Bonchev–Trinajstić information content (AvgIpc) is 2.46. The molecule has 21 heavy (non-hydrogen) atoms. The Morgan fingerprint density at radius 1 is 1.48 bits per heavy atom. The van der Waals surface area contributed by atoms with E-state index < -0.39 is 5.97 Å². The maximum atomic E-state index is 10.8. The van der Waals surface area contributed by atoms with Crippen LogP contribution in [-0.2, 0) is 4.79 Å². The molecule has 1 aromatic carbocycles. The van der Waals surface area contributed by atoms with Crippen LogP contribution in [0.4, 0.5) is 5.69 Å². The van der Waals surface area contributed by atoms with Gasteiger partial charge in [-0.2, -0.15) is 0 Å². The van der Waals surface area contributed by atoms with Crippen LogP contribution in [0.2, 0.25) is 5.02 Å². The first-order chi connectivity index (χ1) is 10.0. The molecule has 0 saturated carbocycles. The van der Waals surface area contributed by atoms with Crippen LogP contribution in [0.3, 0.4) is 0 Å². The van der Waals surface area contributed by atoms with Crippen LogP contribution in [0.5, 0.6) is 0 Å². The third-order valence-corrected chi connectivity index (χ3v) is 4.34. The maximum Gasteiger partial charge on any atom is 0.328 e. The number of aliphatic carboxylic acids is 1. The quantitative estimate of drug-likeness (QED) is 0.869. The van der Waals surface area contributed by atoms with Gasteiger partial charge in [-0.05, 0) is 31.7 Å². The number of anilines is 1. The Kier molecular flexibility index (Phi) is 5.26. The van der Waals surface area contributed by atoms with Gasteiger partial charge < -0.3 is 10.0 Å². The second-order valence-electron chi connectivity index (χ2n) is 5.33. The normalized spacial score (nSPS) is 20.1. The molecule has 114 valence electrons. The Hall–Kier alpha value is -1.52. The largest absolute Gasteiger partial charge is 0.478 e. The highest BCUT2D eigenvalue weighted by Gasteiger charge is 2.24. The molecule has 5 heteroatoms. The van der Waals surface area contributed by atoms with Crippen LogP contribution in [0.1, 0.15) is 18.9 Å². The fraction of sp³-hybridized carbons (Fsp3) is 0.438. The van der Waals surface area contributed by atoms with Crippen LogP contribution in [0.15, 0.2) is 24.3 Å². The smallest absolute Gasteiger partial charge is 0.328 e. The summed E-state index contributed by atoms with van der Waals surface area (Å²) in [5.41, 5.74) is 1.78. The number of benzene rings is 1. The van der Waals surface area contributed by atoms with Crippen molar-refractivity contribution >= 4 is 29.3 Å². The predicted octanol–water partition coefficient (Wildman–Crippen LogP) is 2.97. The predicted molar refractivity (Wildman–Crippen MR) is 87.0 cm³/mol. The van der Waals surface area contributed by atoms with Crippen molar-refractivity contribution in [3.8, 4) is 0 Å². The summed E-state index contributed by atoms with van der Waals surface area (Å²) in [6, 6.07) is 6.22. The molecule has 1 aliphatic rings. The van der Waals surface area contributed by atoms with Gasteiger partial charge in [0.05, 0.1) is 0 Å². The van der Waals surface area contributed by atoms with Gasteiger partial charge in [-0.25, -0.2) is 4.79 Å². The number of nitrogens with zero attached hydrogens (tertiary/aromatic N) is 2. The molecule has 2 rings (SSSR count). The van der Waals surface area contributed by atoms with Gasteiger partial charge in [-0.3, -0.25) is 4.90 Å². The standard InChI is InChI=1S/C16H21ClN2O2/c1-3-12-11-19(10-9-18(12)2)15-6-4-5-14(17)13(15)7-8-16(20)21/h4-8,12H,3,9-11H2,1-2H3,(H,20,21). The first-order valence-corrected chi connectivity index (χ1v) is 7.55. The van der Waals surface area contributed by atoms with E-state index in [4.69, 9.17) is 16.7 Å². The highest BCUT2D eigenvalue weighted by Crippen LogP contribution is 2.30. The summed E-state index contributed by atoms with van der Waals surface area (Å²) in [6.07, 6.45) is 3.81. The van der Waals surface area contributed by atoms with Crippen LogP contribution < -0.4 is 4.90 Å². The topological polar surface area (TPSA) is 43.8 Å². The summed E-state index contributed by atoms with van der Waals surface area (Å²) in [5, 5.41) is 9.41. The average molecular weight is 309 g/mol. The first-order valence-electron chi connectivity index (χ1n) is 7.17. The lowest BCUT2D eigenvalue weighted by Crippen LogP contribution is -2.51. The monoisotopic (exact) mass is 308 g/mol. The second-order valence-corrected chi connectivity index (χ2v) is 5.74. The zero-order chi connectivity index (χ0) is 15.4. The number of rotatable bonds is 4. The van der Waals surface area contributed by atoms with Gasteiger partial charge in [0, 0.05) is 48.0 Å². The summed E-state index contributed by atoms with van der Waals surface area (Å²) >= 11 is 6.25. The molecule has 1 atom stereocenters. The van der Waals surface area contributed by atoms with E-state index in [9.17, 15) is 4.79 Å². The summed E-state index contributed by atoms with van der Waals surface area (Å²) in [4.78, 5) is 15.4. The van der Waals surface area contributed by atoms with Gasteiger partial charge >= 0.3 is 5.97 Å². The van der Waals surface area contributed by atoms with E-state index in [1.165, 1.54) is 0 Å². The van der Waals surface area contributed by atoms with Gasteiger partial charge in [0.2, 0.25) is 0 Å². The molecule has 0 bridgehead atoms. The van der Waals surface area contributed by atoms with E-state index in [1.807, 2.05) is 12.1 Å². The Labute approximate surface area is 130 Å². The van der Waals surface area contributed by atoms with Gasteiger partial charge in [0.25, 0.3) is 0 Å². The van der Waals surface area contributed by atoms with Gasteiger partial charge in [-0.15, -0.1) is 0 Å². The summed E-state index contributed by atoms with van der Waals surface area (Å²) in [7, 11) is 2.15. The van der Waals surface area contributed by atoms with Crippen LogP contribution in [0, 0.1) is 0 Å². The number of halogens is 1. The van der Waals surface area contributed by atoms with Crippen molar-refractivity contribution in [3.05, 3.63) is 34.9 Å². The number of likely N-dealkylation sites (N-methyl/N-ethyl adjacent to an activating group) is 1. The molecule has 0 aromatic heterocycles. The molecule has 1 aliphatic heterocycles. The minimum Gasteiger partial charge on any atom is -0.478 e. The van der Waals surface area contributed by atoms with Crippen LogP contribution in [-0.4, -0.2) is 48.7 Å². The van der Waals surface area contributed by atoms with E-state index in [-0.39, 0.29) is 0 Å². The third kappa shape index (κ3) is 3.77. The number of carboxylic acid groups (broad SMARTS) is 1. The van der Waals surface area contributed by atoms with Gasteiger partial charge in [0.1, 0.15) is 0 Å². The lowest BCUT2D eigenvalue weighted by Gasteiger charge is -2.41. The van der Waals surface area contributed by atoms with Crippen molar-refractivity contribution in [3.63, 3.8) is 0 Å². The highest BCUT2D eigenvalue weighted by atomic mass is 35.5. The molecule has 1 saturated heterocycles. The molecule has 4 nitrogen and oxygen atoms in total. The van der Waals surface area contributed by atoms with E-state index in [1.54, 1.807) is 12.1 Å². The van der Waals surface area contributed by atoms with Crippen molar-refractivity contribution in [2.45, 2.75) is 19.4 Å². The van der Waals surface area contributed by atoms with E-state index in [0.717, 1.165) is 43.4 Å². The van der Waals surface area contributed by atoms with E-state index >= 15 is 0 Å². The number of carboxylic acids is 1. The highest BCUT2D eigenvalue weighted by molar-refractivity contribution is 6.32. The molecule has 1 heterocycles. The lowest BCUT2D eigenvalue weighted by atomic mass is 10.1. The molecule has 1 fully saturated rings. The van der Waals surface area contributed by atoms with Gasteiger partial charge in [0.15, 0.2) is 0 Å². The maximum absolute atomic E-state index is 10.8. The Morgan fingerprint density at radius 2 is 2.24 bits per heavy atom. The minimum atomic E-state index is -0.967. The summed E-state index contributed by atoms with van der Waals surface area (Å²) < 4.78 is 0. The summed E-state index contributed by atoms with van der Waals surface area (Å²) in [5.74, 6) is -0.967. The fourth-order valence-corrected chi connectivity index (χ4v) is 2.96. The number of hydrogen-bond acceptors (Lipinski definition) is 3. The number of hydrogen-bond donors (Lipinski definition) is 1. The van der Waals surface area contributed by atoms with Crippen LogP contribution in [0.25, 0.3) is 6.08 Å². The third-order valence-electron chi connectivity index (χ3n) is 4.01. The van der Waals surface area contributed by atoms with E-state index in [0.29, 0.717) is 11.1 Å². The molecular formula is C16H21ClN2O2. The van der Waals surface area contributed by atoms with Crippen LogP contribution >= 0.6 is 11.6 Å². The van der Waals surface area contributed by atoms with E-state index in [2.05, 4.69) is 23.8 Å². The SMILES string of the molecule is CCC1CN(c2cccc(Cl)c2C=CC(=O)O)CCN1C. The molecule has 1 N–H and O–H groups in total. The Bertz CT molecular complexity index is 545. The Morgan fingerprint density at radius 3 is 2.90 bits per heavy atom. The number of piperazine rings is 1. The van der Waals surface area contributed by atoms with Crippen molar-refractivity contribution in [2.75, 3.05) is 31.6 Å². The zero-order valence-corrected chi connectivity index (χ0v) is 13.2. The molecular weight excluding hydrogens is 288 g/mol. The lowest BCUT2D eigenvalue weighted by molar-refractivity contribution is -0.131. The summed E-state index contributed by atoms with van der Waals surface area (Å²) in [6.45, 7) is 5.03. The Balaban J connectivity index is 2.31.